The minimum Gasteiger partial charge on any atom is -0.467 e. The fourth-order valence-corrected chi connectivity index (χ4v) is 2.04. The summed E-state index contributed by atoms with van der Waals surface area (Å²) in [6.07, 6.45) is 1.45. The highest BCUT2D eigenvalue weighted by molar-refractivity contribution is 5.94. The van der Waals surface area contributed by atoms with Crippen LogP contribution in [0.3, 0.4) is 0 Å². The quantitative estimate of drug-likeness (QED) is 0.846. The summed E-state index contributed by atoms with van der Waals surface area (Å²) in [5, 5.41) is 0. The minimum atomic E-state index is -0.0839. The maximum Gasteiger partial charge on any atom is 0.257 e. The van der Waals surface area contributed by atoms with E-state index in [0.717, 1.165) is 5.56 Å². The van der Waals surface area contributed by atoms with Gasteiger partial charge in [-0.15, -0.1) is 0 Å². The molecule has 2 aromatic rings. The first kappa shape index (κ1) is 15.3. The molecule has 0 unspecified atom stereocenters. The lowest BCUT2D eigenvalue weighted by Crippen LogP contribution is -2.33. The van der Waals surface area contributed by atoms with Gasteiger partial charge in [0, 0.05) is 20.2 Å². The van der Waals surface area contributed by atoms with Crippen LogP contribution in [0, 0.1) is 0 Å². The van der Waals surface area contributed by atoms with E-state index < -0.39 is 0 Å². The number of ether oxygens (including phenoxy) is 1. The Balaban J connectivity index is 2.12. The van der Waals surface area contributed by atoms with Gasteiger partial charge >= 0.3 is 0 Å². The van der Waals surface area contributed by atoms with Gasteiger partial charge in [0.2, 0.25) is 0 Å². The van der Waals surface area contributed by atoms with Crippen molar-refractivity contribution in [2.45, 2.75) is 13.1 Å². The first-order valence-electron chi connectivity index (χ1n) is 6.84. The van der Waals surface area contributed by atoms with Crippen LogP contribution in [0.1, 0.15) is 21.7 Å². The van der Waals surface area contributed by atoms with Gasteiger partial charge in [0.15, 0.2) is 0 Å². The van der Waals surface area contributed by atoms with Gasteiger partial charge in [0.05, 0.1) is 18.7 Å². The Bertz CT molecular complexity index is 566. The number of nitrogens with two attached hydrogens (primary N) is 1. The fourth-order valence-electron chi connectivity index (χ4n) is 2.04. The first-order chi connectivity index (χ1) is 10.2. The Morgan fingerprint density at radius 1 is 1.33 bits per heavy atom. The Morgan fingerprint density at radius 3 is 2.71 bits per heavy atom. The minimum absolute atomic E-state index is 0.0839. The fraction of sp³-hybridized carbons (Fsp3) is 0.312. The summed E-state index contributed by atoms with van der Waals surface area (Å²) >= 11 is 0. The molecule has 21 heavy (non-hydrogen) atoms. The standard InChI is InChI=1S/C16H20N2O3/c1-20-8-7-18(11-13-5-3-2-4-6-13)16(19)14-9-15(10-17)21-12-14/h2-6,9,12H,7-8,10-11,17H2,1H3. The molecule has 2 N–H and O–H groups in total. The second-order valence-electron chi connectivity index (χ2n) is 4.71. The molecule has 0 saturated carbocycles. The predicted molar refractivity (Wildman–Crippen MR) is 79.7 cm³/mol. The number of methoxy groups -OCH3 is 1. The molecule has 0 bridgehead atoms. The van der Waals surface area contributed by atoms with Crippen LogP contribution in [-0.4, -0.2) is 31.1 Å². The van der Waals surface area contributed by atoms with E-state index in [9.17, 15) is 4.79 Å². The molecule has 1 aromatic heterocycles. The molecule has 0 aliphatic rings. The van der Waals surface area contributed by atoms with Gasteiger partial charge < -0.3 is 19.8 Å². The number of benzene rings is 1. The number of carbonyl (C=O) groups excluding carboxylic acids is 1. The molecular formula is C16H20N2O3. The van der Waals surface area contributed by atoms with Gasteiger partial charge in [-0.05, 0) is 11.6 Å². The van der Waals surface area contributed by atoms with E-state index in [-0.39, 0.29) is 12.5 Å². The topological polar surface area (TPSA) is 68.7 Å². The third kappa shape index (κ3) is 4.18. The molecule has 5 nitrogen and oxygen atoms in total. The zero-order chi connectivity index (χ0) is 15.1. The summed E-state index contributed by atoms with van der Waals surface area (Å²) < 4.78 is 10.3. The van der Waals surface area contributed by atoms with Crippen molar-refractivity contribution < 1.29 is 13.9 Å². The van der Waals surface area contributed by atoms with Gasteiger partial charge in [-0.1, -0.05) is 30.3 Å². The normalized spacial score (nSPS) is 10.6. The number of furan rings is 1. The average Bonchev–Trinajstić information content (AvgIpc) is 3.00. The molecule has 0 spiro atoms. The van der Waals surface area contributed by atoms with E-state index >= 15 is 0 Å². The largest absolute Gasteiger partial charge is 0.467 e. The van der Waals surface area contributed by atoms with E-state index in [1.54, 1.807) is 18.1 Å². The molecule has 0 aliphatic carbocycles. The van der Waals surface area contributed by atoms with Crippen LogP contribution >= 0.6 is 0 Å². The zero-order valence-corrected chi connectivity index (χ0v) is 12.1. The number of carbonyl (C=O) groups is 1. The van der Waals surface area contributed by atoms with E-state index in [1.165, 1.54) is 6.26 Å². The van der Waals surface area contributed by atoms with Crippen molar-refractivity contribution in [2.24, 2.45) is 5.73 Å². The number of nitrogens with zero attached hydrogens (tertiary/aromatic N) is 1. The summed E-state index contributed by atoms with van der Waals surface area (Å²) in [5.74, 6) is 0.518. The summed E-state index contributed by atoms with van der Waals surface area (Å²) in [6, 6.07) is 11.5. The highest BCUT2D eigenvalue weighted by Crippen LogP contribution is 2.13. The zero-order valence-electron chi connectivity index (χ0n) is 12.1. The Morgan fingerprint density at radius 2 is 2.10 bits per heavy atom. The van der Waals surface area contributed by atoms with E-state index in [1.807, 2.05) is 30.3 Å². The number of hydrogen-bond acceptors (Lipinski definition) is 4. The van der Waals surface area contributed by atoms with Crippen molar-refractivity contribution >= 4 is 5.91 Å². The monoisotopic (exact) mass is 288 g/mol. The van der Waals surface area contributed by atoms with Crippen molar-refractivity contribution in [1.29, 1.82) is 0 Å². The van der Waals surface area contributed by atoms with E-state index in [4.69, 9.17) is 14.9 Å². The molecule has 5 heteroatoms. The van der Waals surface area contributed by atoms with Crippen molar-refractivity contribution in [2.75, 3.05) is 20.3 Å². The summed E-state index contributed by atoms with van der Waals surface area (Å²) in [4.78, 5) is 14.3. The average molecular weight is 288 g/mol. The highest BCUT2D eigenvalue weighted by atomic mass is 16.5. The molecule has 0 aliphatic heterocycles. The number of amides is 1. The van der Waals surface area contributed by atoms with E-state index in [0.29, 0.717) is 31.0 Å². The molecule has 0 saturated heterocycles. The molecule has 1 amide bonds. The van der Waals surface area contributed by atoms with E-state index in [2.05, 4.69) is 0 Å². The molecular weight excluding hydrogens is 268 g/mol. The summed E-state index contributed by atoms with van der Waals surface area (Å²) in [5.41, 5.74) is 7.09. The lowest BCUT2D eigenvalue weighted by molar-refractivity contribution is 0.0679. The second-order valence-corrected chi connectivity index (χ2v) is 4.71. The molecule has 1 aromatic carbocycles. The van der Waals surface area contributed by atoms with Crippen LogP contribution in [0.4, 0.5) is 0 Å². The van der Waals surface area contributed by atoms with Gasteiger partial charge in [-0.3, -0.25) is 4.79 Å². The summed E-state index contributed by atoms with van der Waals surface area (Å²) in [7, 11) is 1.62. The molecule has 0 fully saturated rings. The maximum atomic E-state index is 12.6. The molecule has 112 valence electrons. The summed E-state index contributed by atoms with van der Waals surface area (Å²) in [6.45, 7) is 1.82. The van der Waals surface area contributed by atoms with Crippen LogP contribution in [-0.2, 0) is 17.8 Å². The number of hydrogen-bond donors (Lipinski definition) is 1. The van der Waals surface area contributed by atoms with Crippen molar-refractivity contribution in [3.05, 3.63) is 59.5 Å². The SMILES string of the molecule is COCCN(Cc1ccccc1)C(=O)c1coc(CN)c1. The van der Waals surface area contributed by atoms with Crippen molar-refractivity contribution in [3.8, 4) is 0 Å². The smallest absolute Gasteiger partial charge is 0.257 e. The lowest BCUT2D eigenvalue weighted by Gasteiger charge is -2.21. The van der Waals surface area contributed by atoms with Crippen LogP contribution in [0.25, 0.3) is 0 Å². The van der Waals surface area contributed by atoms with Crippen LogP contribution in [0.15, 0.2) is 47.1 Å². The van der Waals surface area contributed by atoms with Gasteiger partial charge in [-0.25, -0.2) is 0 Å². The molecule has 1 heterocycles. The molecule has 2 rings (SSSR count). The second kappa shape index (κ2) is 7.61. The number of rotatable bonds is 7. The third-order valence-electron chi connectivity index (χ3n) is 3.17. The highest BCUT2D eigenvalue weighted by Gasteiger charge is 2.18. The van der Waals surface area contributed by atoms with Crippen molar-refractivity contribution in [3.63, 3.8) is 0 Å². The Hall–Kier alpha value is -2.11. The lowest BCUT2D eigenvalue weighted by atomic mass is 10.2. The van der Waals surface area contributed by atoms with Crippen LogP contribution in [0.2, 0.25) is 0 Å². The van der Waals surface area contributed by atoms with Crippen molar-refractivity contribution in [1.82, 2.24) is 4.90 Å². The Kier molecular flexibility index (Phi) is 5.54. The van der Waals surface area contributed by atoms with Gasteiger partial charge in [0.1, 0.15) is 12.0 Å². The maximum absolute atomic E-state index is 12.6. The molecule has 0 atom stereocenters. The van der Waals surface area contributed by atoms with Crippen LogP contribution < -0.4 is 5.73 Å². The van der Waals surface area contributed by atoms with Gasteiger partial charge in [-0.2, -0.15) is 0 Å². The first-order valence-corrected chi connectivity index (χ1v) is 6.84. The van der Waals surface area contributed by atoms with Crippen LogP contribution in [0.5, 0.6) is 0 Å². The van der Waals surface area contributed by atoms with Gasteiger partial charge in [0.25, 0.3) is 5.91 Å². The Labute approximate surface area is 124 Å². The molecule has 0 radical (unpaired) electrons. The predicted octanol–water partition coefficient (Wildman–Crippen LogP) is 2.03. The third-order valence-corrected chi connectivity index (χ3v) is 3.17.